The molecule has 3 aromatic rings. The van der Waals surface area contributed by atoms with Gasteiger partial charge < -0.3 is 0 Å². The Balaban J connectivity index is 1.84. The Kier molecular flexibility index (Phi) is 6.60. The minimum Gasteiger partial charge on any atom is -0.207 e. The third kappa shape index (κ3) is 5.10. The van der Waals surface area contributed by atoms with Gasteiger partial charge in [-0.2, -0.15) is 0 Å². The van der Waals surface area contributed by atoms with Crippen LogP contribution >= 0.6 is 0 Å². The molecule has 0 saturated heterocycles. The molecule has 0 aliphatic carbocycles. The third-order valence-electron chi connectivity index (χ3n) is 4.45. The summed E-state index contributed by atoms with van der Waals surface area (Å²) in [6.45, 7) is 3.56. The average molecular weight is 406 g/mol. The molecule has 0 saturated carbocycles. The summed E-state index contributed by atoms with van der Waals surface area (Å²) in [5, 5.41) is 0. The Hall–Kier alpha value is -3.50. The summed E-state index contributed by atoms with van der Waals surface area (Å²) in [4.78, 5) is 0. The van der Waals surface area contributed by atoms with Crippen molar-refractivity contribution in [3.05, 3.63) is 105 Å². The summed E-state index contributed by atoms with van der Waals surface area (Å²) in [7, 11) is 0. The molecule has 3 aromatic carbocycles. The van der Waals surface area contributed by atoms with E-state index >= 15 is 0 Å². The first-order valence-electron chi connectivity index (χ1n) is 9.45. The highest BCUT2D eigenvalue weighted by Crippen LogP contribution is 2.16. The van der Waals surface area contributed by atoms with E-state index in [4.69, 9.17) is 0 Å². The number of halogens is 4. The van der Waals surface area contributed by atoms with E-state index in [0.29, 0.717) is 23.1 Å². The van der Waals surface area contributed by atoms with Crippen molar-refractivity contribution in [1.29, 1.82) is 0 Å². The van der Waals surface area contributed by atoms with Crippen LogP contribution in [0.1, 0.15) is 46.7 Å². The fourth-order valence-electron chi connectivity index (χ4n) is 2.82. The summed E-state index contributed by atoms with van der Waals surface area (Å²) in [5.41, 5.74) is 1.53. The van der Waals surface area contributed by atoms with Crippen LogP contribution in [-0.2, 0) is 6.42 Å². The van der Waals surface area contributed by atoms with Gasteiger partial charge in [-0.05, 0) is 66.9 Å². The van der Waals surface area contributed by atoms with Crippen molar-refractivity contribution >= 4 is 0 Å². The molecule has 30 heavy (non-hydrogen) atoms. The molecule has 0 atom stereocenters. The first-order valence-corrected chi connectivity index (χ1v) is 9.45. The molecule has 0 aliphatic rings. The number of hydrogen-bond donors (Lipinski definition) is 0. The van der Waals surface area contributed by atoms with Gasteiger partial charge in [0.05, 0.1) is 11.1 Å². The van der Waals surface area contributed by atoms with E-state index in [0.717, 1.165) is 12.5 Å². The van der Waals surface area contributed by atoms with Gasteiger partial charge in [0.25, 0.3) is 0 Å². The van der Waals surface area contributed by atoms with Crippen LogP contribution in [0.2, 0.25) is 0 Å². The fourth-order valence-corrected chi connectivity index (χ4v) is 2.82. The van der Waals surface area contributed by atoms with Crippen molar-refractivity contribution in [3.63, 3.8) is 0 Å². The molecule has 150 valence electrons. The first kappa shape index (κ1) is 21.2. The molecule has 0 amide bonds. The van der Waals surface area contributed by atoms with Gasteiger partial charge in [0, 0.05) is 11.1 Å². The van der Waals surface area contributed by atoms with Crippen molar-refractivity contribution < 1.29 is 17.6 Å². The summed E-state index contributed by atoms with van der Waals surface area (Å²) in [5.74, 6) is 7.91. The summed E-state index contributed by atoms with van der Waals surface area (Å²) >= 11 is 0. The van der Waals surface area contributed by atoms with Crippen LogP contribution in [0, 0.1) is 53.9 Å². The highest BCUT2D eigenvalue weighted by Gasteiger charge is 2.09. The molecule has 0 aromatic heterocycles. The Labute approximate surface area is 173 Å². The minimum atomic E-state index is -0.737. The van der Waals surface area contributed by atoms with Gasteiger partial charge in [0.15, 0.2) is 0 Å². The zero-order chi connectivity index (χ0) is 21.7. The summed E-state index contributed by atoms with van der Waals surface area (Å²) < 4.78 is 56.2. The van der Waals surface area contributed by atoms with E-state index in [1.54, 1.807) is 19.1 Å². The Morgan fingerprint density at radius 2 is 1.27 bits per heavy atom. The second-order valence-electron chi connectivity index (χ2n) is 6.84. The second-order valence-corrected chi connectivity index (χ2v) is 6.84. The summed E-state index contributed by atoms with van der Waals surface area (Å²) in [6, 6.07) is 11.2. The molecule has 4 heteroatoms. The molecule has 0 heterocycles. The quantitative estimate of drug-likeness (QED) is 0.346. The third-order valence-corrected chi connectivity index (χ3v) is 4.45. The van der Waals surface area contributed by atoms with Crippen LogP contribution in [-0.4, -0.2) is 0 Å². The summed E-state index contributed by atoms with van der Waals surface area (Å²) in [6.07, 6.45) is 1.35. The normalized spacial score (nSPS) is 10.1. The van der Waals surface area contributed by atoms with Crippen molar-refractivity contribution in [1.82, 2.24) is 0 Å². The van der Waals surface area contributed by atoms with Crippen molar-refractivity contribution in [2.45, 2.75) is 26.7 Å². The van der Waals surface area contributed by atoms with Crippen LogP contribution in [0.3, 0.4) is 0 Å². The van der Waals surface area contributed by atoms with Crippen LogP contribution < -0.4 is 0 Å². The Morgan fingerprint density at radius 1 is 0.667 bits per heavy atom. The van der Waals surface area contributed by atoms with Gasteiger partial charge >= 0.3 is 0 Å². The lowest BCUT2D eigenvalue weighted by molar-refractivity contribution is 0.573. The largest absolute Gasteiger partial charge is 0.207 e. The monoisotopic (exact) mass is 406 g/mol. The van der Waals surface area contributed by atoms with Gasteiger partial charge in [-0.15, -0.1) is 0 Å². The van der Waals surface area contributed by atoms with Crippen LogP contribution in [0.5, 0.6) is 0 Å². The highest BCUT2D eigenvalue weighted by atomic mass is 19.1. The molecular formula is C26H18F4. The number of aryl methyl sites for hydroxylation is 2. The van der Waals surface area contributed by atoms with E-state index in [9.17, 15) is 17.6 Å². The molecule has 0 spiro atoms. The zero-order valence-electron chi connectivity index (χ0n) is 16.5. The van der Waals surface area contributed by atoms with E-state index in [2.05, 4.69) is 23.7 Å². The maximum absolute atomic E-state index is 14.3. The average Bonchev–Trinajstić information content (AvgIpc) is 2.69. The molecule has 0 aliphatic heterocycles. The minimum absolute atomic E-state index is 0.114. The molecule has 0 radical (unpaired) electrons. The molecule has 3 rings (SSSR count). The highest BCUT2D eigenvalue weighted by molar-refractivity contribution is 5.49. The molecular weight excluding hydrogens is 388 g/mol. The molecule has 0 nitrogen and oxygen atoms in total. The molecule has 0 fully saturated rings. The fraction of sp³-hybridized carbons (Fsp3) is 0.154. The predicted octanol–water partition coefficient (Wildman–Crippen LogP) is 6.30. The topological polar surface area (TPSA) is 0 Å². The van der Waals surface area contributed by atoms with Crippen LogP contribution in [0.4, 0.5) is 17.6 Å². The Bertz CT molecular complexity index is 1190. The SMILES string of the molecule is CCCc1cc(F)c(C#Cc2ccc(C#Cc3ccc(C)c(F)c3)c(F)c2)c(F)c1. The van der Waals surface area contributed by atoms with Gasteiger partial charge in [-0.1, -0.05) is 43.1 Å². The van der Waals surface area contributed by atoms with E-state index in [-0.39, 0.29) is 22.5 Å². The van der Waals surface area contributed by atoms with Crippen molar-refractivity contribution in [3.8, 4) is 23.7 Å². The van der Waals surface area contributed by atoms with E-state index < -0.39 is 17.5 Å². The number of benzene rings is 3. The van der Waals surface area contributed by atoms with Crippen LogP contribution in [0.15, 0.2) is 48.5 Å². The predicted molar refractivity (Wildman–Crippen MR) is 110 cm³/mol. The number of hydrogen-bond acceptors (Lipinski definition) is 0. The second kappa shape index (κ2) is 9.33. The van der Waals surface area contributed by atoms with Gasteiger partial charge in [-0.25, -0.2) is 17.6 Å². The molecule has 0 N–H and O–H groups in total. The zero-order valence-corrected chi connectivity index (χ0v) is 16.5. The van der Waals surface area contributed by atoms with Gasteiger partial charge in [-0.3, -0.25) is 0 Å². The maximum Gasteiger partial charge on any atom is 0.142 e. The first-order chi connectivity index (χ1) is 14.4. The molecule has 0 unspecified atom stereocenters. The lowest BCUT2D eigenvalue weighted by Crippen LogP contribution is -1.95. The maximum atomic E-state index is 14.3. The van der Waals surface area contributed by atoms with Gasteiger partial charge in [0.1, 0.15) is 23.3 Å². The number of rotatable bonds is 2. The Morgan fingerprint density at radius 3 is 1.87 bits per heavy atom. The van der Waals surface area contributed by atoms with E-state index in [1.165, 1.54) is 30.3 Å². The smallest absolute Gasteiger partial charge is 0.142 e. The molecule has 0 bridgehead atoms. The standard InChI is InChI=1S/C26H18F4/c1-3-4-20-15-25(29)22(26(30)16-20)12-9-19-8-11-21(24(28)14-19)10-7-18-6-5-17(2)23(27)13-18/h5-6,8,11,13-16H,3-4H2,1-2H3. The van der Waals surface area contributed by atoms with Crippen LogP contribution in [0.25, 0.3) is 0 Å². The van der Waals surface area contributed by atoms with Crippen molar-refractivity contribution in [2.75, 3.05) is 0 Å². The lowest BCUT2D eigenvalue weighted by atomic mass is 10.1. The van der Waals surface area contributed by atoms with E-state index in [1.807, 2.05) is 6.92 Å². The lowest BCUT2D eigenvalue weighted by Gasteiger charge is -2.02. The van der Waals surface area contributed by atoms with Gasteiger partial charge in [0.2, 0.25) is 0 Å². The van der Waals surface area contributed by atoms with Crippen molar-refractivity contribution in [2.24, 2.45) is 0 Å².